The molecule has 0 saturated carbocycles. The molecule has 1 N–H and O–H groups in total. The maximum Gasteiger partial charge on any atom is 0.391 e. The molecule has 3 nitrogen and oxygen atoms in total. The summed E-state index contributed by atoms with van der Waals surface area (Å²) < 4.78 is 39.0. The van der Waals surface area contributed by atoms with Crippen LogP contribution >= 0.6 is 0 Å². The van der Waals surface area contributed by atoms with E-state index >= 15 is 0 Å². The fourth-order valence-corrected chi connectivity index (χ4v) is 2.48. The van der Waals surface area contributed by atoms with Gasteiger partial charge < -0.3 is 9.88 Å². The number of rotatable bonds is 2. The second-order valence-electron chi connectivity index (χ2n) is 4.52. The summed E-state index contributed by atoms with van der Waals surface area (Å²) in [7, 11) is 0. The van der Waals surface area contributed by atoms with Gasteiger partial charge >= 0.3 is 6.18 Å². The van der Waals surface area contributed by atoms with Crippen LogP contribution in [0.3, 0.4) is 0 Å². The molecule has 0 saturated heterocycles. The van der Waals surface area contributed by atoms with Crippen LogP contribution < -0.4 is 5.32 Å². The lowest BCUT2D eigenvalue weighted by Crippen LogP contribution is -2.26. The molecule has 6 heteroatoms. The van der Waals surface area contributed by atoms with Crippen molar-refractivity contribution in [2.24, 2.45) is 0 Å². The summed E-state index contributed by atoms with van der Waals surface area (Å²) in [6.45, 7) is 4.83. The van der Waals surface area contributed by atoms with Gasteiger partial charge in [-0.1, -0.05) is 0 Å². The minimum absolute atomic E-state index is 0.579. The Morgan fingerprint density at radius 2 is 2.18 bits per heavy atom. The molecule has 0 spiro atoms. The molecule has 17 heavy (non-hydrogen) atoms. The molecule has 0 fully saturated rings. The molecule has 1 atom stereocenters. The Hall–Kier alpha value is -1.04. The monoisotopic (exact) mass is 247 g/mol. The lowest BCUT2D eigenvalue weighted by molar-refractivity contribution is -0.141. The van der Waals surface area contributed by atoms with E-state index in [9.17, 15) is 13.2 Å². The number of nitrogens with zero attached hydrogens (tertiary/aromatic N) is 2. The van der Waals surface area contributed by atoms with Crippen LogP contribution in [0.4, 0.5) is 13.2 Å². The smallest absolute Gasteiger partial charge is 0.329 e. The van der Waals surface area contributed by atoms with Crippen molar-refractivity contribution < 1.29 is 13.2 Å². The third kappa shape index (κ3) is 2.62. The fourth-order valence-electron chi connectivity index (χ4n) is 2.48. The molecular formula is C11H16F3N3. The van der Waals surface area contributed by atoms with Crippen molar-refractivity contribution in [2.75, 3.05) is 6.54 Å². The minimum Gasteiger partial charge on any atom is -0.329 e. The van der Waals surface area contributed by atoms with Gasteiger partial charge in [-0.05, 0) is 13.8 Å². The van der Waals surface area contributed by atoms with Crippen LogP contribution in [0.15, 0.2) is 0 Å². The summed E-state index contributed by atoms with van der Waals surface area (Å²) >= 11 is 0. The SMILES string of the molecule is Cc1nc2c(n1C(C)CC(F)(F)F)CCNC2. The molecule has 1 aliphatic heterocycles. The second-order valence-corrected chi connectivity index (χ2v) is 4.52. The topological polar surface area (TPSA) is 29.9 Å². The Morgan fingerprint density at radius 1 is 1.47 bits per heavy atom. The molecule has 2 heterocycles. The first-order valence-corrected chi connectivity index (χ1v) is 5.72. The Labute approximate surface area is 98.0 Å². The van der Waals surface area contributed by atoms with E-state index in [2.05, 4.69) is 10.3 Å². The predicted octanol–water partition coefficient (Wildman–Crippen LogP) is 2.35. The molecule has 1 aromatic heterocycles. The molecule has 1 aromatic rings. The highest BCUT2D eigenvalue weighted by atomic mass is 19.4. The summed E-state index contributed by atoms with van der Waals surface area (Å²) in [6, 6.07) is -0.579. The third-order valence-electron chi connectivity index (χ3n) is 3.07. The Bertz CT molecular complexity index is 409. The summed E-state index contributed by atoms with van der Waals surface area (Å²) in [5.41, 5.74) is 1.85. The molecule has 96 valence electrons. The number of fused-ring (bicyclic) bond motifs is 1. The van der Waals surface area contributed by atoms with Crippen molar-refractivity contribution in [1.82, 2.24) is 14.9 Å². The normalized spacial score (nSPS) is 17.9. The van der Waals surface area contributed by atoms with E-state index in [0.717, 1.165) is 24.4 Å². The summed E-state index contributed by atoms with van der Waals surface area (Å²) in [5, 5.41) is 3.17. The fraction of sp³-hybridized carbons (Fsp3) is 0.727. The molecule has 0 amide bonds. The van der Waals surface area contributed by atoms with Crippen molar-refractivity contribution in [1.29, 1.82) is 0 Å². The lowest BCUT2D eigenvalue weighted by Gasteiger charge is -2.22. The second kappa shape index (κ2) is 4.33. The van der Waals surface area contributed by atoms with Crippen molar-refractivity contribution in [3.8, 4) is 0 Å². The van der Waals surface area contributed by atoms with Gasteiger partial charge in [0.2, 0.25) is 0 Å². The van der Waals surface area contributed by atoms with E-state index < -0.39 is 18.6 Å². The van der Waals surface area contributed by atoms with Crippen LogP contribution in [-0.4, -0.2) is 22.3 Å². The largest absolute Gasteiger partial charge is 0.391 e. The van der Waals surface area contributed by atoms with Crippen molar-refractivity contribution >= 4 is 0 Å². The van der Waals surface area contributed by atoms with Crippen LogP contribution in [0, 0.1) is 6.92 Å². The highest BCUT2D eigenvalue weighted by Gasteiger charge is 2.32. The first-order valence-electron chi connectivity index (χ1n) is 5.72. The predicted molar refractivity (Wildman–Crippen MR) is 57.8 cm³/mol. The average molecular weight is 247 g/mol. The highest BCUT2D eigenvalue weighted by Crippen LogP contribution is 2.30. The van der Waals surface area contributed by atoms with Crippen LogP contribution in [0.25, 0.3) is 0 Å². The van der Waals surface area contributed by atoms with Gasteiger partial charge in [0.25, 0.3) is 0 Å². The molecule has 0 bridgehead atoms. The van der Waals surface area contributed by atoms with Gasteiger partial charge in [0, 0.05) is 31.2 Å². The number of imidazole rings is 1. The number of alkyl halides is 3. The zero-order chi connectivity index (χ0) is 12.6. The lowest BCUT2D eigenvalue weighted by atomic mass is 10.1. The number of halogens is 3. The molecule has 1 unspecified atom stereocenters. The Kier molecular flexibility index (Phi) is 3.16. The van der Waals surface area contributed by atoms with Crippen molar-refractivity contribution in [2.45, 2.75) is 45.5 Å². The standard InChI is InChI=1S/C11H16F3N3/c1-7(5-11(12,13)14)17-8(2)16-9-6-15-4-3-10(9)17/h7,15H,3-6H2,1-2H3. The number of aryl methyl sites for hydroxylation is 1. The van der Waals surface area contributed by atoms with E-state index in [1.807, 2.05) is 0 Å². The summed E-state index contributed by atoms with van der Waals surface area (Å²) in [5.74, 6) is 0.676. The van der Waals surface area contributed by atoms with E-state index in [4.69, 9.17) is 0 Å². The Balaban J connectivity index is 2.28. The van der Waals surface area contributed by atoms with Crippen molar-refractivity contribution in [3.05, 3.63) is 17.2 Å². The van der Waals surface area contributed by atoms with Gasteiger partial charge in [0.05, 0.1) is 12.1 Å². The van der Waals surface area contributed by atoms with E-state index in [-0.39, 0.29) is 0 Å². The van der Waals surface area contributed by atoms with Crippen LogP contribution in [0.1, 0.15) is 36.6 Å². The zero-order valence-corrected chi connectivity index (χ0v) is 9.93. The van der Waals surface area contributed by atoms with Crippen LogP contribution in [-0.2, 0) is 13.0 Å². The molecule has 1 aliphatic rings. The maximum absolute atomic E-state index is 12.4. The number of nitrogens with one attached hydrogen (secondary N) is 1. The van der Waals surface area contributed by atoms with Gasteiger partial charge in [-0.2, -0.15) is 13.2 Å². The first-order chi connectivity index (χ1) is 7.88. The number of hydrogen-bond donors (Lipinski definition) is 1. The zero-order valence-electron chi connectivity index (χ0n) is 9.93. The van der Waals surface area contributed by atoms with Gasteiger partial charge in [-0.15, -0.1) is 0 Å². The van der Waals surface area contributed by atoms with Crippen LogP contribution in [0.2, 0.25) is 0 Å². The maximum atomic E-state index is 12.4. The van der Waals surface area contributed by atoms with Gasteiger partial charge in [-0.25, -0.2) is 4.98 Å². The van der Waals surface area contributed by atoms with Gasteiger partial charge in [0.1, 0.15) is 5.82 Å². The van der Waals surface area contributed by atoms with Crippen molar-refractivity contribution in [3.63, 3.8) is 0 Å². The van der Waals surface area contributed by atoms with E-state index in [0.29, 0.717) is 12.4 Å². The van der Waals surface area contributed by atoms with E-state index in [1.54, 1.807) is 18.4 Å². The highest BCUT2D eigenvalue weighted by molar-refractivity contribution is 5.20. The van der Waals surface area contributed by atoms with Crippen LogP contribution in [0.5, 0.6) is 0 Å². The number of hydrogen-bond acceptors (Lipinski definition) is 2. The molecule has 0 radical (unpaired) electrons. The molecule has 2 rings (SSSR count). The molecular weight excluding hydrogens is 231 g/mol. The average Bonchev–Trinajstić information content (AvgIpc) is 2.50. The van der Waals surface area contributed by atoms with E-state index in [1.165, 1.54) is 0 Å². The molecule has 0 aliphatic carbocycles. The van der Waals surface area contributed by atoms with Gasteiger partial charge in [-0.3, -0.25) is 0 Å². The first kappa shape index (κ1) is 12.4. The van der Waals surface area contributed by atoms with Gasteiger partial charge in [0.15, 0.2) is 0 Å². The minimum atomic E-state index is -4.13. The Morgan fingerprint density at radius 3 is 2.82 bits per heavy atom. The number of aromatic nitrogens is 2. The molecule has 0 aromatic carbocycles. The third-order valence-corrected chi connectivity index (χ3v) is 3.07. The summed E-state index contributed by atoms with van der Waals surface area (Å²) in [6.07, 6.45) is -4.18. The quantitative estimate of drug-likeness (QED) is 0.869. The summed E-state index contributed by atoms with van der Waals surface area (Å²) in [4.78, 5) is 4.34.